The minimum Gasteiger partial charge on any atom is -0.460 e. The number of carbonyl (C=O) groups excluding carboxylic acids is 4. The minimum absolute atomic E-state index is 0.0997. The van der Waals surface area contributed by atoms with E-state index in [0.29, 0.717) is 29.6 Å². The van der Waals surface area contributed by atoms with Gasteiger partial charge in [-0.3, -0.25) is 9.59 Å². The average Bonchev–Trinajstić information content (AvgIpc) is 3.62. The molecule has 0 aromatic carbocycles. The van der Waals surface area contributed by atoms with Crippen LogP contribution in [-0.2, 0) is 33.4 Å². The molecule has 228 valence electrons. The smallest absolute Gasteiger partial charge is 0.334 e. The van der Waals surface area contributed by atoms with Gasteiger partial charge in [-0.1, -0.05) is 42.9 Å². The molecule has 1 unspecified atom stereocenters. The summed E-state index contributed by atoms with van der Waals surface area (Å²) >= 11 is 0. The Bertz CT molecular complexity index is 1540. The van der Waals surface area contributed by atoms with Crippen LogP contribution in [0.25, 0.3) is 0 Å². The number of ketones is 1. The van der Waals surface area contributed by atoms with Gasteiger partial charge in [-0.15, -0.1) is 0 Å². The minimum atomic E-state index is -1.22. The number of rotatable bonds is 2. The number of hydrogen-bond acceptors (Lipinski definition) is 8. The molecule has 0 aromatic rings. The Morgan fingerprint density at radius 1 is 1.14 bits per heavy atom. The van der Waals surface area contributed by atoms with Crippen molar-refractivity contribution >= 4 is 23.7 Å². The van der Waals surface area contributed by atoms with Gasteiger partial charge in [0, 0.05) is 51.7 Å². The van der Waals surface area contributed by atoms with Crippen molar-refractivity contribution in [2.45, 2.75) is 91.1 Å². The predicted molar refractivity (Wildman–Crippen MR) is 155 cm³/mol. The highest BCUT2D eigenvalue weighted by atomic mass is 16.6. The maximum atomic E-state index is 14.7. The molecule has 7 rings (SSSR count). The van der Waals surface area contributed by atoms with Crippen molar-refractivity contribution in [3.8, 4) is 0 Å². The maximum absolute atomic E-state index is 14.7. The molecule has 2 bridgehead atoms. The van der Waals surface area contributed by atoms with Gasteiger partial charge >= 0.3 is 17.9 Å². The van der Waals surface area contributed by atoms with E-state index in [1.54, 1.807) is 26.0 Å². The van der Waals surface area contributed by atoms with E-state index in [1.165, 1.54) is 0 Å². The fourth-order valence-electron chi connectivity index (χ4n) is 10.5. The lowest BCUT2D eigenvalue weighted by Gasteiger charge is -2.46. The summed E-state index contributed by atoms with van der Waals surface area (Å²) in [6, 6.07) is 0. The van der Waals surface area contributed by atoms with Gasteiger partial charge in [0.2, 0.25) is 0 Å². The molecule has 2 heterocycles. The monoisotopic (exact) mass is 588 g/mol. The Balaban J connectivity index is 1.44. The van der Waals surface area contributed by atoms with Crippen LogP contribution in [0.5, 0.6) is 0 Å². The van der Waals surface area contributed by atoms with E-state index in [9.17, 15) is 24.3 Å². The highest BCUT2D eigenvalue weighted by Crippen LogP contribution is 2.80. The van der Waals surface area contributed by atoms with Crippen LogP contribution in [0.3, 0.4) is 0 Å². The van der Waals surface area contributed by atoms with Crippen molar-refractivity contribution in [1.29, 1.82) is 0 Å². The molecule has 8 heteroatoms. The highest BCUT2D eigenvalue weighted by Gasteiger charge is 2.84. The third kappa shape index (κ3) is 3.20. The fourth-order valence-corrected chi connectivity index (χ4v) is 10.5. The Morgan fingerprint density at radius 2 is 1.86 bits per heavy atom. The van der Waals surface area contributed by atoms with E-state index < -0.39 is 75.8 Å². The Hall–Kier alpha value is -3.26. The lowest BCUT2D eigenvalue weighted by atomic mass is 9.54. The zero-order valence-electron chi connectivity index (χ0n) is 25.7. The molecule has 2 saturated carbocycles. The standard InChI is InChI=1S/C35H40O8/c1-8-16(2)29(37)41-22-14-18(4)23-21(36)13-17(3)24(23)27-25(22)35(31(39)43-27)15-34-12-11-32(35,6)28(34)26-20(9-10-33(34,7)40)19(5)30(38)42-26/h8,11-13,20,22,24-28,40H,5,9-10,14-15H2,1-4,6-7H3/b16-8+/t20-,22-,24-,25+,26-,27+,28-,32-,33+,34-,35?/m0/s1. The summed E-state index contributed by atoms with van der Waals surface area (Å²) in [5.41, 5.74) is -1.13. The quantitative estimate of drug-likeness (QED) is 0.217. The van der Waals surface area contributed by atoms with Gasteiger partial charge < -0.3 is 19.3 Å². The molecule has 7 aliphatic rings. The second-order valence-electron chi connectivity index (χ2n) is 14.5. The van der Waals surface area contributed by atoms with Crippen LogP contribution in [0.2, 0.25) is 0 Å². The van der Waals surface area contributed by atoms with Gasteiger partial charge in [-0.05, 0) is 60.0 Å². The van der Waals surface area contributed by atoms with E-state index in [-0.39, 0.29) is 24.5 Å². The molecule has 2 saturated heterocycles. The van der Waals surface area contributed by atoms with Crippen LogP contribution in [0.1, 0.15) is 67.2 Å². The second kappa shape index (κ2) is 8.68. The number of hydrogen-bond donors (Lipinski definition) is 1. The third-order valence-corrected chi connectivity index (χ3v) is 12.7. The lowest BCUT2D eigenvalue weighted by Crippen LogP contribution is -2.53. The first-order valence-electron chi connectivity index (χ1n) is 15.4. The van der Waals surface area contributed by atoms with Crippen molar-refractivity contribution in [3.05, 3.63) is 58.7 Å². The van der Waals surface area contributed by atoms with E-state index in [1.807, 2.05) is 39.8 Å². The average molecular weight is 589 g/mol. The predicted octanol–water partition coefficient (Wildman–Crippen LogP) is 4.48. The van der Waals surface area contributed by atoms with Crippen LogP contribution < -0.4 is 0 Å². The largest absolute Gasteiger partial charge is 0.460 e. The van der Waals surface area contributed by atoms with Gasteiger partial charge in [0.25, 0.3) is 0 Å². The molecule has 2 aliphatic heterocycles. The summed E-state index contributed by atoms with van der Waals surface area (Å²) in [5.74, 6) is -3.18. The summed E-state index contributed by atoms with van der Waals surface area (Å²) in [4.78, 5) is 54.2. The first kappa shape index (κ1) is 28.5. The topological polar surface area (TPSA) is 116 Å². The summed E-state index contributed by atoms with van der Waals surface area (Å²) in [6.07, 6.45) is 6.82. The van der Waals surface area contributed by atoms with E-state index in [2.05, 4.69) is 6.58 Å². The molecule has 8 nitrogen and oxygen atoms in total. The second-order valence-corrected chi connectivity index (χ2v) is 14.5. The zero-order valence-corrected chi connectivity index (χ0v) is 25.7. The highest BCUT2D eigenvalue weighted by molar-refractivity contribution is 6.09. The first-order valence-corrected chi connectivity index (χ1v) is 15.4. The number of esters is 3. The fraction of sp³-hybridized carbons (Fsp3) is 0.600. The van der Waals surface area contributed by atoms with Crippen LogP contribution in [0.15, 0.2) is 58.7 Å². The molecule has 11 atom stereocenters. The molecule has 5 aliphatic carbocycles. The van der Waals surface area contributed by atoms with Crippen molar-refractivity contribution in [2.75, 3.05) is 0 Å². The van der Waals surface area contributed by atoms with Crippen molar-refractivity contribution in [3.63, 3.8) is 0 Å². The van der Waals surface area contributed by atoms with Crippen molar-refractivity contribution in [2.24, 2.45) is 39.9 Å². The van der Waals surface area contributed by atoms with Crippen LogP contribution in [-0.4, -0.2) is 52.7 Å². The van der Waals surface area contributed by atoms with E-state index in [0.717, 1.165) is 11.1 Å². The molecule has 0 radical (unpaired) electrons. The third-order valence-electron chi connectivity index (χ3n) is 12.7. The molecule has 4 fully saturated rings. The Kier molecular flexibility index (Phi) is 5.75. The van der Waals surface area contributed by atoms with E-state index >= 15 is 0 Å². The molecular weight excluding hydrogens is 548 g/mol. The first-order chi connectivity index (χ1) is 20.1. The van der Waals surface area contributed by atoms with Crippen LogP contribution >= 0.6 is 0 Å². The Morgan fingerprint density at radius 3 is 2.56 bits per heavy atom. The molecular formula is C35H40O8. The van der Waals surface area contributed by atoms with Crippen molar-refractivity contribution < 1.29 is 38.5 Å². The molecule has 43 heavy (non-hydrogen) atoms. The normalized spacial score (nSPS) is 47.9. The van der Waals surface area contributed by atoms with Gasteiger partial charge in [-0.2, -0.15) is 0 Å². The summed E-state index contributed by atoms with van der Waals surface area (Å²) in [7, 11) is 0. The Labute approximate surface area is 251 Å². The number of aliphatic hydroxyl groups is 1. The van der Waals surface area contributed by atoms with Crippen molar-refractivity contribution in [1.82, 2.24) is 0 Å². The maximum Gasteiger partial charge on any atom is 0.334 e. The zero-order chi connectivity index (χ0) is 31.0. The summed E-state index contributed by atoms with van der Waals surface area (Å²) in [6.45, 7) is 15.1. The van der Waals surface area contributed by atoms with Crippen LogP contribution in [0.4, 0.5) is 0 Å². The lowest BCUT2D eigenvalue weighted by molar-refractivity contribution is -0.159. The van der Waals surface area contributed by atoms with Gasteiger partial charge in [-0.25, -0.2) is 9.59 Å². The van der Waals surface area contributed by atoms with Gasteiger partial charge in [0.1, 0.15) is 18.3 Å². The number of allylic oxidation sites excluding steroid dienone is 3. The van der Waals surface area contributed by atoms with Gasteiger partial charge in [0.05, 0.1) is 16.9 Å². The molecule has 1 N–H and O–H groups in total. The molecule has 0 amide bonds. The summed E-state index contributed by atoms with van der Waals surface area (Å²) in [5, 5.41) is 12.3. The number of ether oxygens (including phenoxy) is 3. The molecule has 0 aromatic heterocycles. The number of carbonyl (C=O) groups is 4. The molecule has 1 spiro atoms. The van der Waals surface area contributed by atoms with Crippen LogP contribution in [0, 0.1) is 39.9 Å². The van der Waals surface area contributed by atoms with Gasteiger partial charge in [0.15, 0.2) is 5.78 Å². The summed E-state index contributed by atoms with van der Waals surface area (Å²) < 4.78 is 18.8. The van der Waals surface area contributed by atoms with E-state index in [4.69, 9.17) is 14.2 Å². The number of fused-ring (bicyclic) bond motifs is 6. The SMILES string of the molecule is C=C1C(=O)O[C@H]2[C@H]1CC[C@@](C)(O)[C@]13C=C[C@@](C)([C@H]21)C1(C3)C(=O)O[C@@H]2[C@H]3C(C)=CC(=O)C3=C(C)C[C@H](OC(=O)/C(C)=C/C)[C@H]21.